The molecule has 6 rings (SSSR count). The topological polar surface area (TPSA) is 110 Å². The molecule has 1 fully saturated rings. The van der Waals surface area contributed by atoms with E-state index < -0.39 is 24.0 Å². The molecule has 2 aliphatic rings. The number of piperidine rings is 1. The molecule has 1 saturated heterocycles. The van der Waals surface area contributed by atoms with E-state index in [0.717, 1.165) is 17.7 Å². The number of hydrogen-bond donors (Lipinski definition) is 1. The Balaban J connectivity index is 1.24. The van der Waals surface area contributed by atoms with Crippen molar-refractivity contribution in [1.29, 1.82) is 0 Å². The van der Waals surface area contributed by atoms with Crippen molar-refractivity contribution in [2.75, 3.05) is 40.3 Å². The number of pyridine rings is 1. The maximum Gasteiger partial charge on any atom is 0.522 e. The molecule has 0 radical (unpaired) electrons. The fourth-order valence-corrected chi connectivity index (χ4v) is 8.66. The summed E-state index contributed by atoms with van der Waals surface area (Å²) in [5, 5.41) is 11.7. The van der Waals surface area contributed by atoms with Gasteiger partial charge in [0.1, 0.15) is 18.2 Å². The van der Waals surface area contributed by atoms with Gasteiger partial charge in [-0.25, -0.2) is 9.78 Å². The van der Waals surface area contributed by atoms with Gasteiger partial charge >= 0.3 is 12.3 Å². The second kappa shape index (κ2) is 14.2. The van der Waals surface area contributed by atoms with Crippen LogP contribution in [0.15, 0.2) is 34.4 Å². The lowest BCUT2D eigenvalue weighted by atomic mass is 9.77. The number of carboxylic acid groups (broad SMARTS) is 1. The highest BCUT2D eigenvalue weighted by Gasteiger charge is 2.44. The first-order valence-corrected chi connectivity index (χ1v) is 17.7. The maximum atomic E-state index is 14.1. The fourth-order valence-electron chi connectivity index (χ4n) is 7.48. The summed E-state index contributed by atoms with van der Waals surface area (Å²) < 4.78 is 51.6. The highest BCUT2D eigenvalue weighted by molar-refractivity contribution is 7.18. The van der Waals surface area contributed by atoms with Crippen molar-refractivity contribution < 1.29 is 32.5 Å². The Morgan fingerprint density at radius 2 is 1.90 bits per heavy atom. The number of rotatable bonds is 10. The van der Waals surface area contributed by atoms with Gasteiger partial charge in [-0.05, 0) is 84.3 Å². The van der Waals surface area contributed by atoms with Crippen molar-refractivity contribution in [3.63, 3.8) is 0 Å². The van der Waals surface area contributed by atoms with Crippen molar-refractivity contribution in [3.8, 4) is 16.9 Å². The molecule has 0 amide bonds. The quantitative estimate of drug-likeness (QED) is 0.199. The first-order valence-electron chi connectivity index (χ1n) is 16.4. The molecule has 4 heterocycles. The van der Waals surface area contributed by atoms with Crippen LogP contribution in [0.25, 0.3) is 21.3 Å². The van der Waals surface area contributed by atoms with E-state index in [2.05, 4.69) is 19.5 Å². The first kappa shape index (κ1) is 36.2. The van der Waals surface area contributed by atoms with Gasteiger partial charge in [-0.15, -0.1) is 24.5 Å². The summed E-state index contributed by atoms with van der Waals surface area (Å²) in [6.07, 6.45) is -3.24. The van der Waals surface area contributed by atoms with Crippen LogP contribution >= 0.6 is 22.9 Å². The van der Waals surface area contributed by atoms with Gasteiger partial charge in [-0.1, -0.05) is 11.6 Å². The summed E-state index contributed by atoms with van der Waals surface area (Å²) in [7, 11) is 3.93. The largest absolute Gasteiger partial charge is 0.522 e. The van der Waals surface area contributed by atoms with Crippen molar-refractivity contribution in [2.24, 2.45) is 0 Å². The minimum Gasteiger partial charge on any atom is -0.491 e. The number of aryl methyl sites for hydroxylation is 3. The van der Waals surface area contributed by atoms with E-state index in [-0.39, 0.29) is 37.1 Å². The van der Waals surface area contributed by atoms with Gasteiger partial charge in [-0.3, -0.25) is 24.0 Å². The third-order valence-electron chi connectivity index (χ3n) is 9.58. The maximum absolute atomic E-state index is 14.1. The molecular weight excluding hydrogens is 695 g/mol. The molecule has 1 aliphatic carbocycles. The number of benzene rings is 1. The number of ether oxygens (including phenoxy) is 2. The zero-order valence-electron chi connectivity index (χ0n) is 28.3. The van der Waals surface area contributed by atoms with Crippen LogP contribution in [-0.2, 0) is 24.1 Å². The lowest BCUT2D eigenvalue weighted by Crippen LogP contribution is -2.61. The molecule has 1 aromatic carbocycles. The van der Waals surface area contributed by atoms with Crippen LogP contribution in [0, 0.1) is 13.8 Å². The van der Waals surface area contributed by atoms with Gasteiger partial charge < -0.3 is 14.7 Å². The monoisotopic (exact) mass is 733 g/mol. The molecule has 0 unspecified atom stereocenters. The first-order chi connectivity index (χ1) is 23.6. The molecule has 15 heteroatoms. The van der Waals surface area contributed by atoms with Gasteiger partial charge in [0.2, 0.25) is 0 Å². The van der Waals surface area contributed by atoms with E-state index in [1.54, 1.807) is 42.0 Å². The molecule has 0 bridgehead atoms. The summed E-state index contributed by atoms with van der Waals surface area (Å²) in [5.41, 5.74) is 3.42. The minimum absolute atomic E-state index is 0.128. The average molecular weight is 734 g/mol. The number of carbonyl (C=O) groups is 1. The Bertz CT molecular complexity index is 1970. The lowest BCUT2D eigenvalue weighted by Gasteiger charge is -2.50. The van der Waals surface area contributed by atoms with Gasteiger partial charge in [0, 0.05) is 58.0 Å². The minimum atomic E-state index is -4.66. The van der Waals surface area contributed by atoms with E-state index in [0.29, 0.717) is 76.1 Å². The van der Waals surface area contributed by atoms with E-state index in [4.69, 9.17) is 21.3 Å². The number of hydrogen-bond acceptors (Lipinski definition) is 9. The van der Waals surface area contributed by atoms with E-state index in [9.17, 15) is 27.9 Å². The highest BCUT2D eigenvalue weighted by Crippen LogP contribution is 2.41. The third kappa shape index (κ3) is 7.54. The summed E-state index contributed by atoms with van der Waals surface area (Å²) >= 11 is 7.71. The molecule has 0 saturated carbocycles. The van der Waals surface area contributed by atoms with Crippen molar-refractivity contribution >= 4 is 39.1 Å². The van der Waals surface area contributed by atoms with Crippen LogP contribution in [0.3, 0.4) is 0 Å². The summed E-state index contributed by atoms with van der Waals surface area (Å²) in [6.45, 7) is 5.50. The molecular formula is C35H39ClF3N5O5S. The van der Waals surface area contributed by atoms with E-state index in [1.165, 1.54) is 11.3 Å². The second-order valence-corrected chi connectivity index (χ2v) is 14.7. The standard InChI is InChI=1S/C35H39ClF3N5O5S/c1-20-15-25(31-30(40-20)27(18-50-31)33(46)47)24-16-22(36)5-6-29(24)48-14-13-44-21(2)41-28-7-10-34(19-42(3)4,17-26(28)32(44)45)43-11-8-23(9-12-43)49-35(37,38)39/h5-6,15-16,18,23H,7-14,17,19H2,1-4H3,(H,46,47)/t34-/m1/s1. The molecule has 268 valence electrons. The number of aromatic carboxylic acids is 1. The summed E-state index contributed by atoms with van der Waals surface area (Å²) in [4.78, 5) is 39.6. The number of nitrogens with zero attached hydrogens (tertiary/aromatic N) is 5. The van der Waals surface area contributed by atoms with Crippen LogP contribution < -0.4 is 10.3 Å². The van der Waals surface area contributed by atoms with Gasteiger partial charge in [0.05, 0.1) is 34.1 Å². The zero-order valence-corrected chi connectivity index (χ0v) is 29.8. The SMILES string of the molecule is Cc1cc(-c2cc(Cl)ccc2OCCn2c(C)nc3c(c2=O)C[C@](CN(C)C)(N2CCC(OC(F)(F)F)CC2)CC3)c2scc(C(=O)O)c2n1. The van der Waals surface area contributed by atoms with Crippen molar-refractivity contribution in [2.45, 2.75) is 70.5 Å². The summed E-state index contributed by atoms with van der Waals surface area (Å²) in [6, 6.07) is 7.11. The number of halogens is 4. The molecule has 0 spiro atoms. The van der Waals surface area contributed by atoms with Gasteiger partial charge in [-0.2, -0.15) is 0 Å². The number of carboxylic acids is 1. The van der Waals surface area contributed by atoms with Gasteiger partial charge in [0.15, 0.2) is 0 Å². The number of aromatic nitrogens is 3. The molecule has 4 aromatic rings. The number of likely N-dealkylation sites (N-methyl/N-ethyl adjacent to an activating group) is 1. The normalized spacial score (nSPS) is 18.9. The summed E-state index contributed by atoms with van der Waals surface area (Å²) in [5.74, 6) is 0.0395. The van der Waals surface area contributed by atoms with Crippen LogP contribution in [0.5, 0.6) is 5.75 Å². The Hall–Kier alpha value is -3.56. The van der Waals surface area contributed by atoms with Crippen molar-refractivity contribution in [1.82, 2.24) is 24.3 Å². The molecule has 50 heavy (non-hydrogen) atoms. The fraction of sp³-hybridized carbons (Fsp3) is 0.486. The van der Waals surface area contributed by atoms with E-state index in [1.807, 2.05) is 20.2 Å². The Kier molecular flexibility index (Phi) is 10.3. The zero-order chi connectivity index (χ0) is 36.0. The van der Waals surface area contributed by atoms with Crippen LogP contribution in [-0.4, -0.2) is 93.8 Å². The average Bonchev–Trinajstić information content (AvgIpc) is 3.47. The van der Waals surface area contributed by atoms with Gasteiger partial charge in [0.25, 0.3) is 5.56 Å². The van der Waals surface area contributed by atoms with Crippen LogP contribution in [0.1, 0.15) is 52.4 Å². The number of alkyl halides is 3. The number of likely N-dealkylation sites (tertiary alicyclic amines) is 1. The Labute approximate surface area is 296 Å². The predicted octanol–water partition coefficient (Wildman–Crippen LogP) is 6.36. The Morgan fingerprint density at radius 3 is 2.58 bits per heavy atom. The smallest absolute Gasteiger partial charge is 0.491 e. The van der Waals surface area contributed by atoms with Crippen LogP contribution in [0.2, 0.25) is 5.02 Å². The lowest BCUT2D eigenvalue weighted by molar-refractivity contribution is -0.346. The highest BCUT2D eigenvalue weighted by atomic mass is 35.5. The Morgan fingerprint density at radius 1 is 1.16 bits per heavy atom. The van der Waals surface area contributed by atoms with Crippen LogP contribution in [0.4, 0.5) is 13.2 Å². The molecule has 1 aliphatic heterocycles. The number of thiophene rings is 1. The second-order valence-electron chi connectivity index (χ2n) is 13.4. The molecule has 10 nitrogen and oxygen atoms in total. The number of fused-ring (bicyclic) bond motifs is 2. The predicted molar refractivity (Wildman–Crippen MR) is 186 cm³/mol. The molecule has 1 N–H and O–H groups in total. The molecule has 3 aromatic heterocycles. The van der Waals surface area contributed by atoms with Crippen molar-refractivity contribution in [3.05, 3.63) is 73.4 Å². The third-order valence-corrected chi connectivity index (χ3v) is 10.8. The molecule has 1 atom stereocenters. The van der Waals surface area contributed by atoms with E-state index >= 15 is 0 Å².